The van der Waals surface area contributed by atoms with Crippen molar-refractivity contribution in [2.24, 2.45) is 0 Å². The number of carbonyl (C=O) groups is 5. The van der Waals surface area contributed by atoms with Crippen molar-refractivity contribution in [3.63, 3.8) is 0 Å². The van der Waals surface area contributed by atoms with Crippen LogP contribution in [0.5, 0.6) is 0 Å². The number of benzene rings is 1. The lowest BCUT2D eigenvalue weighted by Crippen LogP contribution is -2.45. The van der Waals surface area contributed by atoms with Crippen LogP contribution in [-0.2, 0) is 14.3 Å². The highest BCUT2D eigenvalue weighted by Gasteiger charge is 2.42. The lowest BCUT2D eigenvalue weighted by molar-refractivity contribution is -0.385. The van der Waals surface area contributed by atoms with Crippen LogP contribution in [0.4, 0.5) is 10.5 Å². The summed E-state index contributed by atoms with van der Waals surface area (Å²) < 4.78 is 4.70. The highest BCUT2D eigenvalue weighted by molar-refractivity contribution is 6.24. The fourth-order valence-electron chi connectivity index (χ4n) is 3.39. The van der Waals surface area contributed by atoms with Gasteiger partial charge in [-0.25, -0.2) is 4.79 Å². The Morgan fingerprint density at radius 2 is 1.87 bits per heavy atom. The first kappa shape index (κ1) is 20.9. The van der Waals surface area contributed by atoms with E-state index >= 15 is 0 Å². The molecule has 12 nitrogen and oxygen atoms in total. The molecular weight excluding hydrogens is 400 g/mol. The molecule has 0 aromatic heterocycles. The van der Waals surface area contributed by atoms with Gasteiger partial charge in [0.25, 0.3) is 23.4 Å². The van der Waals surface area contributed by atoms with Crippen molar-refractivity contribution in [1.82, 2.24) is 15.5 Å². The second-order valence-corrected chi connectivity index (χ2v) is 6.82. The number of urea groups is 1. The molecule has 1 aliphatic carbocycles. The number of nitro benzene ring substituents is 1. The number of ether oxygens (including phenoxy) is 1. The van der Waals surface area contributed by atoms with Crippen molar-refractivity contribution in [1.29, 1.82) is 0 Å². The molecule has 1 fully saturated rings. The number of hydrogen-bond donors (Lipinski definition) is 2. The van der Waals surface area contributed by atoms with Gasteiger partial charge in [-0.3, -0.25) is 39.5 Å². The number of nitrogens with one attached hydrogen (secondary N) is 2. The molecule has 1 aromatic carbocycles. The Morgan fingerprint density at radius 3 is 2.53 bits per heavy atom. The molecule has 1 aromatic rings. The van der Waals surface area contributed by atoms with Crippen LogP contribution < -0.4 is 10.6 Å². The standard InChI is InChI=1S/C18H18N4O8/c23-13(20-18(27)19-10-4-1-2-5-10)9-30-14(24)8-21-16(25)11-6-3-7-12(22(28)29)15(11)17(21)26/h3,6-7,10H,1-2,4-5,8-9H2,(H2,19,20,23,27). The van der Waals surface area contributed by atoms with Crippen LogP contribution >= 0.6 is 0 Å². The molecule has 0 saturated heterocycles. The summed E-state index contributed by atoms with van der Waals surface area (Å²) in [7, 11) is 0. The Bertz CT molecular complexity index is 938. The highest BCUT2D eigenvalue weighted by Crippen LogP contribution is 2.30. The molecule has 2 N–H and O–H groups in total. The zero-order chi connectivity index (χ0) is 21.8. The molecule has 0 bridgehead atoms. The highest BCUT2D eigenvalue weighted by atomic mass is 16.6. The summed E-state index contributed by atoms with van der Waals surface area (Å²) in [5.41, 5.74) is -1.14. The van der Waals surface area contributed by atoms with Gasteiger partial charge in [-0.05, 0) is 18.9 Å². The normalized spacial score (nSPS) is 15.7. The lowest BCUT2D eigenvalue weighted by atomic mass is 10.1. The number of esters is 1. The van der Waals surface area contributed by atoms with Crippen LogP contribution in [0.25, 0.3) is 0 Å². The van der Waals surface area contributed by atoms with Gasteiger partial charge in [0.05, 0.1) is 10.5 Å². The van der Waals surface area contributed by atoms with Crippen molar-refractivity contribution < 1.29 is 33.6 Å². The molecule has 2 aliphatic rings. The molecule has 0 atom stereocenters. The van der Waals surface area contributed by atoms with Crippen LogP contribution in [0.15, 0.2) is 18.2 Å². The van der Waals surface area contributed by atoms with Crippen LogP contribution in [-0.4, -0.2) is 58.7 Å². The van der Waals surface area contributed by atoms with E-state index in [0.717, 1.165) is 31.7 Å². The molecule has 1 aliphatic heterocycles. The van der Waals surface area contributed by atoms with Crippen LogP contribution in [0.2, 0.25) is 0 Å². The molecule has 30 heavy (non-hydrogen) atoms. The summed E-state index contributed by atoms with van der Waals surface area (Å²) in [5, 5.41) is 15.7. The molecule has 158 valence electrons. The summed E-state index contributed by atoms with van der Waals surface area (Å²) in [5.74, 6) is -3.84. The van der Waals surface area contributed by atoms with E-state index in [0.29, 0.717) is 4.90 Å². The molecular formula is C18H18N4O8. The largest absolute Gasteiger partial charge is 0.454 e. The Labute approximate surface area is 169 Å². The zero-order valence-corrected chi connectivity index (χ0v) is 15.7. The number of amides is 5. The third-order valence-corrected chi connectivity index (χ3v) is 4.77. The summed E-state index contributed by atoms with van der Waals surface area (Å²) >= 11 is 0. The molecule has 0 radical (unpaired) electrons. The molecule has 1 saturated carbocycles. The van der Waals surface area contributed by atoms with Crippen molar-refractivity contribution in [3.05, 3.63) is 39.4 Å². The summed E-state index contributed by atoms with van der Waals surface area (Å²) in [4.78, 5) is 70.8. The monoisotopic (exact) mass is 418 g/mol. The fraction of sp³-hybridized carbons (Fsp3) is 0.389. The van der Waals surface area contributed by atoms with E-state index in [1.807, 2.05) is 5.32 Å². The Balaban J connectivity index is 1.51. The van der Waals surface area contributed by atoms with Gasteiger partial charge in [-0.15, -0.1) is 0 Å². The average molecular weight is 418 g/mol. The molecule has 3 rings (SSSR count). The molecule has 0 unspecified atom stereocenters. The lowest BCUT2D eigenvalue weighted by Gasteiger charge is -2.14. The number of hydrogen-bond acceptors (Lipinski definition) is 8. The fourth-order valence-corrected chi connectivity index (χ4v) is 3.39. The van der Waals surface area contributed by atoms with Crippen molar-refractivity contribution >= 4 is 35.4 Å². The first-order valence-corrected chi connectivity index (χ1v) is 9.17. The minimum Gasteiger partial charge on any atom is -0.454 e. The van der Waals surface area contributed by atoms with Crippen LogP contribution in [0.1, 0.15) is 46.4 Å². The molecule has 12 heteroatoms. The number of carbonyl (C=O) groups excluding carboxylic acids is 5. The maximum atomic E-state index is 12.4. The Kier molecular flexibility index (Phi) is 6.04. The number of rotatable bonds is 6. The van der Waals surface area contributed by atoms with Crippen LogP contribution in [0.3, 0.4) is 0 Å². The van der Waals surface area contributed by atoms with Crippen LogP contribution in [0, 0.1) is 10.1 Å². The first-order valence-electron chi connectivity index (χ1n) is 9.17. The minimum atomic E-state index is -1.08. The van der Waals surface area contributed by atoms with E-state index in [1.54, 1.807) is 0 Å². The maximum absolute atomic E-state index is 12.4. The van der Waals surface area contributed by atoms with Crippen molar-refractivity contribution in [3.8, 4) is 0 Å². The number of imide groups is 2. The van der Waals surface area contributed by atoms with Gasteiger partial charge < -0.3 is 10.1 Å². The quantitative estimate of drug-likeness (QED) is 0.292. The van der Waals surface area contributed by atoms with E-state index in [1.165, 1.54) is 12.1 Å². The van der Waals surface area contributed by atoms with E-state index in [-0.39, 0.29) is 11.6 Å². The molecule has 0 spiro atoms. The average Bonchev–Trinajstić information content (AvgIpc) is 3.28. The van der Waals surface area contributed by atoms with E-state index in [9.17, 15) is 34.1 Å². The van der Waals surface area contributed by atoms with Gasteiger partial charge in [0.2, 0.25) is 0 Å². The Hall–Kier alpha value is -3.83. The predicted molar refractivity (Wildman–Crippen MR) is 98.4 cm³/mol. The summed E-state index contributed by atoms with van der Waals surface area (Å²) in [6, 6.07) is 2.87. The number of fused-ring (bicyclic) bond motifs is 1. The second kappa shape index (κ2) is 8.68. The summed E-state index contributed by atoms with van der Waals surface area (Å²) in [6.07, 6.45) is 3.65. The van der Waals surface area contributed by atoms with Gasteiger partial charge in [0.1, 0.15) is 12.1 Å². The van der Waals surface area contributed by atoms with E-state index < -0.39 is 59.0 Å². The maximum Gasteiger partial charge on any atom is 0.326 e. The van der Waals surface area contributed by atoms with Crippen molar-refractivity contribution in [2.75, 3.05) is 13.2 Å². The van der Waals surface area contributed by atoms with Gasteiger partial charge in [-0.2, -0.15) is 0 Å². The second-order valence-electron chi connectivity index (χ2n) is 6.82. The van der Waals surface area contributed by atoms with E-state index in [2.05, 4.69) is 5.32 Å². The topological polar surface area (TPSA) is 165 Å². The van der Waals surface area contributed by atoms with Gasteiger partial charge in [0.15, 0.2) is 6.61 Å². The van der Waals surface area contributed by atoms with Crippen molar-refractivity contribution in [2.45, 2.75) is 31.7 Å². The number of nitro groups is 1. The van der Waals surface area contributed by atoms with Gasteiger partial charge in [0, 0.05) is 12.1 Å². The zero-order valence-electron chi connectivity index (χ0n) is 15.7. The third kappa shape index (κ3) is 4.42. The van der Waals surface area contributed by atoms with Gasteiger partial charge >= 0.3 is 12.0 Å². The summed E-state index contributed by atoms with van der Waals surface area (Å²) in [6.45, 7) is -1.62. The predicted octanol–water partition coefficient (Wildman–Crippen LogP) is 0.502. The third-order valence-electron chi connectivity index (χ3n) is 4.77. The SMILES string of the molecule is O=C(COC(=O)CN1C(=O)c2cccc([N+](=O)[O-])c2C1=O)NC(=O)NC1CCCC1. The van der Waals surface area contributed by atoms with E-state index in [4.69, 9.17) is 4.74 Å². The first-order chi connectivity index (χ1) is 14.3. The molecule has 5 amide bonds. The van der Waals surface area contributed by atoms with Gasteiger partial charge in [-0.1, -0.05) is 18.9 Å². The Morgan fingerprint density at radius 1 is 1.17 bits per heavy atom. The smallest absolute Gasteiger partial charge is 0.326 e. The number of nitrogens with zero attached hydrogens (tertiary/aromatic N) is 2. The molecule has 1 heterocycles. The minimum absolute atomic E-state index is 0.00164.